The molecule has 0 saturated heterocycles. The molecule has 0 N–H and O–H groups in total. The third-order valence-electron chi connectivity index (χ3n) is 1.25. The standard InChI is InChI=1S/C8H6O7/c1-3(9)13-5-6(14-4(2)10)8(12)15-7(5)11/h1-2H3. The predicted octanol–water partition coefficient (Wildman–Crippen LogP) is -0.592. The second-order valence-corrected chi connectivity index (χ2v) is 2.52. The lowest BCUT2D eigenvalue weighted by Crippen LogP contribution is -2.09. The molecule has 80 valence electrons. The molecule has 0 amide bonds. The minimum absolute atomic E-state index is 0.706. The highest BCUT2D eigenvalue weighted by atomic mass is 16.7. The Morgan fingerprint density at radius 3 is 1.53 bits per heavy atom. The molecule has 0 aromatic carbocycles. The zero-order chi connectivity index (χ0) is 11.6. The Morgan fingerprint density at radius 1 is 0.933 bits per heavy atom. The first-order valence-corrected chi connectivity index (χ1v) is 3.79. The van der Waals surface area contributed by atoms with Crippen LogP contribution in [0.1, 0.15) is 13.8 Å². The van der Waals surface area contributed by atoms with Crippen LogP contribution < -0.4 is 0 Å². The molecular weight excluding hydrogens is 208 g/mol. The number of carbonyl (C=O) groups is 4. The van der Waals surface area contributed by atoms with Gasteiger partial charge in [-0.15, -0.1) is 0 Å². The molecule has 0 saturated carbocycles. The van der Waals surface area contributed by atoms with Gasteiger partial charge in [0.15, 0.2) is 0 Å². The van der Waals surface area contributed by atoms with Crippen molar-refractivity contribution in [3.63, 3.8) is 0 Å². The Balaban J connectivity index is 3.03. The van der Waals surface area contributed by atoms with Gasteiger partial charge in [-0.25, -0.2) is 9.59 Å². The van der Waals surface area contributed by atoms with E-state index in [0.29, 0.717) is 0 Å². The third-order valence-corrected chi connectivity index (χ3v) is 1.25. The van der Waals surface area contributed by atoms with E-state index in [4.69, 9.17) is 0 Å². The van der Waals surface area contributed by atoms with E-state index in [0.717, 1.165) is 13.8 Å². The Kier molecular flexibility index (Phi) is 2.84. The fraction of sp³-hybridized carbons (Fsp3) is 0.250. The van der Waals surface area contributed by atoms with Gasteiger partial charge in [0.2, 0.25) is 0 Å². The van der Waals surface area contributed by atoms with Crippen LogP contribution in [0.5, 0.6) is 0 Å². The van der Waals surface area contributed by atoms with Crippen molar-refractivity contribution >= 4 is 23.9 Å². The van der Waals surface area contributed by atoms with Crippen LogP contribution in [-0.4, -0.2) is 23.9 Å². The van der Waals surface area contributed by atoms with Crippen molar-refractivity contribution in [2.75, 3.05) is 0 Å². The molecule has 15 heavy (non-hydrogen) atoms. The molecule has 0 fully saturated rings. The molecule has 1 rings (SSSR count). The molecular formula is C8H6O7. The Morgan fingerprint density at radius 2 is 1.27 bits per heavy atom. The summed E-state index contributed by atoms with van der Waals surface area (Å²) in [6.07, 6.45) is 0. The van der Waals surface area contributed by atoms with Crippen molar-refractivity contribution in [1.82, 2.24) is 0 Å². The number of esters is 4. The maximum absolute atomic E-state index is 10.9. The van der Waals surface area contributed by atoms with E-state index < -0.39 is 35.4 Å². The Hall–Kier alpha value is -2.18. The molecule has 7 heteroatoms. The van der Waals surface area contributed by atoms with E-state index in [9.17, 15) is 19.2 Å². The summed E-state index contributed by atoms with van der Waals surface area (Å²) in [4.78, 5) is 43.0. The highest BCUT2D eigenvalue weighted by Crippen LogP contribution is 2.19. The molecule has 0 atom stereocenters. The van der Waals surface area contributed by atoms with E-state index in [1.54, 1.807) is 0 Å². The van der Waals surface area contributed by atoms with Gasteiger partial charge in [0.25, 0.3) is 11.5 Å². The van der Waals surface area contributed by atoms with Crippen LogP contribution >= 0.6 is 0 Å². The molecule has 0 aromatic rings. The number of hydrogen-bond acceptors (Lipinski definition) is 7. The molecule has 0 radical (unpaired) electrons. The van der Waals surface area contributed by atoms with Gasteiger partial charge in [-0.2, -0.15) is 0 Å². The average molecular weight is 214 g/mol. The SMILES string of the molecule is CC(=O)OC1=C(OC(C)=O)C(=O)OC1=O. The quantitative estimate of drug-likeness (QED) is 0.344. The average Bonchev–Trinajstić information content (AvgIpc) is 2.30. The Bertz CT molecular complexity index is 354. The fourth-order valence-corrected chi connectivity index (χ4v) is 0.826. The van der Waals surface area contributed by atoms with Crippen LogP contribution in [0.15, 0.2) is 11.5 Å². The molecule has 1 aliphatic heterocycles. The van der Waals surface area contributed by atoms with E-state index in [1.165, 1.54) is 0 Å². The van der Waals surface area contributed by atoms with Crippen molar-refractivity contribution in [3.8, 4) is 0 Å². The Labute approximate surface area is 83.6 Å². The number of rotatable bonds is 2. The summed E-state index contributed by atoms with van der Waals surface area (Å²) in [5.41, 5.74) is 0. The van der Waals surface area contributed by atoms with Crippen molar-refractivity contribution in [1.29, 1.82) is 0 Å². The highest BCUT2D eigenvalue weighted by Gasteiger charge is 2.38. The van der Waals surface area contributed by atoms with E-state index in [1.807, 2.05) is 0 Å². The largest absolute Gasteiger partial charge is 0.414 e. The summed E-state index contributed by atoms with van der Waals surface area (Å²) in [7, 11) is 0. The second-order valence-electron chi connectivity index (χ2n) is 2.52. The second kappa shape index (κ2) is 3.91. The third kappa shape index (κ3) is 2.39. The van der Waals surface area contributed by atoms with E-state index in [2.05, 4.69) is 14.2 Å². The van der Waals surface area contributed by atoms with Gasteiger partial charge in [0.1, 0.15) is 0 Å². The monoisotopic (exact) mass is 214 g/mol. The molecule has 1 heterocycles. The van der Waals surface area contributed by atoms with E-state index >= 15 is 0 Å². The lowest BCUT2D eigenvalue weighted by Gasteiger charge is -2.00. The number of cyclic esters (lactones) is 2. The van der Waals surface area contributed by atoms with Crippen molar-refractivity contribution in [2.45, 2.75) is 13.8 Å². The normalized spacial score (nSPS) is 15.1. The van der Waals surface area contributed by atoms with Crippen LogP contribution in [0.25, 0.3) is 0 Å². The minimum atomic E-state index is -1.16. The van der Waals surface area contributed by atoms with Crippen LogP contribution in [0, 0.1) is 0 Å². The first kappa shape index (κ1) is 10.9. The topological polar surface area (TPSA) is 96.0 Å². The van der Waals surface area contributed by atoms with E-state index in [-0.39, 0.29) is 0 Å². The zero-order valence-electron chi connectivity index (χ0n) is 7.86. The number of ether oxygens (including phenoxy) is 3. The first-order chi connectivity index (χ1) is 6.91. The summed E-state index contributed by atoms with van der Waals surface area (Å²) >= 11 is 0. The van der Waals surface area contributed by atoms with Crippen molar-refractivity contribution in [2.24, 2.45) is 0 Å². The van der Waals surface area contributed by atoms with Crippen LogP contribution in [0.2, 0.25) is 0 Å². The smallest absolute Gasteiger partial charge is 0.386 e. The summed E-state index contributed by atoms with van der Waals surface area (Å²) < 4.78 is 12.8. The van der Waals surface area contributed by atoms with Crippen LogP contribution in [-0.2, 0) is 33.4 Å². The van der Waals surface area contributed by atoms with Gasteiger partial charge in [-0.05, 0) is 0 Å². The maximum atomic E-state index is 10.9. The van der Waals surface area contributed by atoms with Gasteiger partial charge in [0, 0.05) is 13.8 Å². The summed E-state index contributed by atoms with van der Waals surface area (Å²) in [6.45, 7) is 2.04. The highest BCUT2D eigenvalue weighted by molar-refractivity contribution is 6.11. The molecule has 1 aliphatic rings. The summed E-state index contributed by atoms with van der Waals surface area (Å²) in [5, 5.41) is 0. The van der Waals surface area contributed by atoms with Crippen molar-refractivity contribution < 1.29 is 33.4 Å². The molecule has 0 aliphatic carbocycles. The van der Waals surface area contributed by atoms with Crippen LogP contribution in [0.4, 0.5) is 0 Å². The maximum Gasteiger partial charge on any atom is 0.386 e. The van der Waals surface area contributed by atoms with Gasteiger partial charge in [-0.3, -0.25) is 9.59 Å². The predicted molar refractivity (Wildman–Crippen MR) is 41.7 cm³/mol. The van der Waals surface area contributed by atoms with Crippen molar-refractivity contribution in [3.05, 3.63) is 11.5 Å². The first-order valence-electron chi connectivity index (χ1n) is 3.79. The van der Waals surface area contributed by atoms with Gasteiger partial charge in [0.05, 0.1) is 0 Å². The molecule has 7 nitrogen and oxygen atoms in total. The summed E-state index contributed by atoms with van der Waals surface area (Å²) in [5.74, 6) is -5.40. The molecule has 0 unspecified atom stereocenters. The fourth-order valence-electron chi connectivity index (χ4n) is 0.826. The van der Waals surface area contributed by atoms with Crippen LogP contribution in [0.3, 0.4) is 0 Å². The van der Waals surface area contributed by atoms with Gasteiger partial charge >= 0.3 is 23.9 Å². The van der Waals surface area contributed by atoms with Gasteiger partial charge in [-0.1, -0.05) is 0 Å². The van der Waals surface area contributed by atoms with Gasteiger partial charge < -0.3 is 14.2 Å². The lowest BCUT2D eigenvalue weighted by atomic mass is 10.4. The number of hydrogen-bond donors (Lipinski definition) is 0. The summed E-state index contributed by atoms with van der Waals surface area (Å²) in [6, 6.07) is 0. The zero-order valence-corrected chi connectivity index (χ0v) is 7.86. The molecule has 0 bridgehead atoms. The number of carbonyl (C=O) groups excluding carboxylic acids is 4. The molecule has 0 spiro atoms. The molecule has 0 aromatic heterocycles. The lowest BCUT2D eigenvalue weighted by molar-refractivity contribution is -0.157. The minimum Gasteiger partial charge on any atom is -0.414 e.